The van der Waals surface area contributed by atoms with Gasteiger partial charge in [0.2, 0.25) is 0 Å². The fourth-order valence-corrected chi connectivity index (χ4v) is 4.64. The monoisotopic (exact) mass is 502 g/mol. The highest BCUT2D eigenvalue weighted by atomic mass is 35.5. The summed E-state index contributed by atoms with van der Waals surface area (Å²) in [6, 6.07) is 7.56. The van der Waals surface area contributed by atoms with Crippen LogP contribution >= 0.6 is 22.9 Å². The summed E-state index contributed by atoms with van der Waals surface area (Å²) in [6.07, 6.45) is 1.85. The van der Waals surface area contributed by atoms with Crippen LogP contribution < -0.4 is 10.2 Å². The number of thiazole rings is 1. The Kier molecular flexibility index (Phi) is 9.35. The van der Waals surface area contributed by atoms with Crippen LogP contribution in [0.15, 0.2) is 30.5 Å². The van der Waals surface area contributed by atoms with Gasteiger partial charge in [-0.15, -0.1) is 0 Å². The van der Waals surface area contributed by atoms with Crippen LogP contribution in [0.1, 0.15) is 40.5 Å². The minimum atomic E-state index is -0.0117. The highest BCUT2D eigenvalue weighted by molar-refractivity contribution is 7.17. The van der Waals surface area contributed by atoms with Crippen LogP contribution in [0.25, 0.3) is 0 Å². The summed E-state index contributed by atoms with van der Waals surface area (Å²) in [7, 11) is 1.69. The molecule has 10 heteroatoms. The lowest BCUT2D eigenvalue weighted by Gasteiger charge is -2.33. The molecule has 1 N–H and O–H groups in total. The van der Waals surface area contributed by atoms with E-state index in [4.69, 9.17) is 16.4 Å². The maximum atomic E-state index is 12.8. The van der Waals surface area contributed by atoms with Crippen molar-refractivity contribution < 1.29 is 9.63 Å². The number of aryl methyl sites for hydroxylation is 2. The third-order valence-corrected chi connectivity index (χ3v) is 6.66. The molecule has 0 unspecified atom stereocenters. The van der Waals surface area contributed by atoms with E-state index in [-0.39, 0.29) is 12.2 Å². The molecule has 0 spiro atoms. The number of Topliss-reactive ketones (excluding diaryl/α,β-unsaturated/α-hetero) is 1. The molecule has 8 nitrogen and oxygen atoms in total. The standard InChI is InChI=1S/C22H25ClN6O2S.C2H6/c1-14-5-4-6-17(23)16(14)11-18(30)19-13-24-22(32-19)27-20-12-21(26-15(2)25-20)28-7-9-29(31-3)10-8-28;1-2/h4-6,12-13H,7-11H2,1-3H3,(H,24,25,26,27);1-2H3. The number of hydrogen-bond donors (Lipinski definition) is 1. The number of hydroxylamine groups is 2. The predicted octanol–water partition coefficient (Wildman–Crippen LogP) is 5.08. The molecule has 2 aromatic heterocycles. The first-order valence-electron chi connectivity index (χ1n) is 11.3. The molecule has 1 saturated heterocycles. The van der Waals surface area contributed by atoms with E-state index >= 15 is 0 Å². The average Bonchev–Trinajstić information content (AvgIpc) is 3.31. The number of carbonyl (C=O) groups excluding carboxylic acids is 1. The molecule has 1 fully saturated rings. The number of carbonyl (C=O) groups is 1. The largest absolute Gasteiger partial charge is 0.354 e. The highest BCUT2D eigenvalue weighted by Crippen LogP contribution is 2.27. The summed E-state index contributed by atoms with van der Waals surface area (Å²) < 4.78 is 0. The Morgan fingerprint density at radius 3 is 2.59 bits per heavy atom. The third-order valence-electron chi connectivity index (χ3n) is 5.35. The molecule has 0 saturated carbocycles. The van der Waals surface area contributed by atoms with Crippen LogP contribution in [0.3, 0.4) is 0 Å². The molecule has 4 rings (SSSR count). The lowest BCUT2D eigenvalue weighted by molar-refractivity contribution is -0.133. The Balaban J connectivity index is 0.00000158. The predicted molar refractivity (Wildman–Crippen MR) is 139 cm³/mol. The maximum absolute atomic E-state index is 12.8. The van der Waals surface area contributed by atoms with Crippen molar-refractivity contribution in [1.29, 1.82) is 0 Å². The number of benzene rings is 1. The minimum Gasteiger partial charge on any atom is -0.354 e. The molecule has 0 aliphatic carbocycles. The molecule has 182 valence electrons. The number of nitrogens with one attached hydrogen (secondary N) is 1. The van der Waals surface area contributed by atoms with E-state index in [1.165, 1.54) is 11.3 Å². The average molecular weight is 503 g/mol. The lowest BCUT2D eigenvalue weighted by Crippen LogP contribution is -2.46. The van der Waals surface area contributed by atoms with Crippen LogP contribution in [-0.2, 0) is 11.3 Å². The van der Waals surface area contributed by atoms with Gasteiger partial charge in [0.05, 0.1) is 18.2 Å². The Bertz CT molecular complexity index is 1090. The smallest absolute Gasteiger partial charge is 0.188 e. The molecule has 1 aromatic carbocycles. The van der Waals surface area contributed by atoms with Gasteiger partial charge in [0, 0.05) is 43.7 Å². The summed E-state index contributed by atoms with van der Waals surface area (Å²) in [4.78, 5) is 34.3. The van der Waals surface area contributed by atoms with Crippen molar-refractivity contribution in [2.75, 3.05) is 43.5 Å². The van der Waals surface area contributed by atoms with Gasteiger partial charge in [-0.05, 0) is 31.0 Å². The van der Waals surface area contributed by atoms with E-state index in [2.05, 4.69) is 25.2 Å². The molecule has 1 aliphatic heterocycles. The van der Waals surface area contributed by atoms with Crippen molar-refractivity contribution in [2.24, 2.45) is 0 Å². The van der Waals surface area contributed by atoms with Gasteiger partial charge < -0.3 is 15.1 Å². The normalized spacial score (nSPS) is 13.9. The second-order valence-electron chi connectivity index (χ2n) is 7.55. The van der Waals surface area contributed by atoms with E-state index in [9.17, 15) is 4.79 Å². The molecule has 0 amide bonds. The Morgan fingerprint density at radius 2 is 1.91 bits per heavy atom. The van der Waals surface area contributed by atoms with E-state index in [0.717, 1.165) is 43.1 Å². The Labute approximate surface area is 209 Å². The molecular formula is C24H31ClN6O2S. The van der Waals surface area contributed by atoms with Gasteiger partial charge in [-0.1, -0.05) is 48.9 Å². The maximum Gasteiger partial charge on any atom is 0.188 e. The van der Waals surface area contributed by atoms with Gasteiger partial charge in [0.15, 0.2) is 10.9 Å². The SMILES string of the molecule is CC.CON1CCN(c2cc(Nc3ncc(C(=O)Cc4c(C)cccc4Cl)s3)nc(C)n2)CC1. The van der Waals surface area contributed by atoms with Crippen molar-refractivity contribution in [3.63, 3.8) is 0 Å². The quantitative estimate of drug-likeness (QED) is 0.448. The molecule has 0 atom stereocenters. The minimum absolute atomic E-state index is 0.0117. The molecule has 3 aromatic rings. The van der Waals surface area contributed by atoms with Crippen LogP contribution in [0, 0.1) is 13.8 Å². The second-order valence-corrected chi connectivity index (χ2v) is 8.98. The summed E-state index contributed by atoms with van der Waals surface area (Å²) >= 11 is 7.58. The van der Waals surface area contributed by atoms with Gasteiger partial charge >= 0.3 is 0 Å². The summed E-state index contributed by atoms with van der Waals surface area (Å²) in [5, 5.41) is 6.37. The van der Waals surface area contributed by atoms with Crippen LogP contribution in [0.2, 0.25) is 5.02 Å². The highest BCUT2D eigenvalue weighted by Gasteiger charge is 2.19. The number of piperazine rings is 1. The molecule has 34 heavy (non-hydrogen) atoms. The van der Waals surface area contributed by atoms with Crippen molar-refractivity contribution in [1.82, 2.24) is 20.0 Å². The zero-order chi connectivity index (χ0) is 24.7. The van der Waals surface area contributed by atoms with E-state index < -0.39 is 0 Å². The van der Waals surface area contributed by atoms with Gasteiger partial charge in [-0.2, -0.15) is 5.06 Å². The number of rotatable bonds is 7. The van der Waals surface area contributed by atoms with Crippen LogP contribution in [0.4, 0.5) is 16.8 Å². The number of aromatic nitrogens is 3. The van der Waals surface area contributed by atoms with Gasteiger partial charge in [0.1, 0.15) is 17.5 Å². The topological polar surface area (TPSA) is 83.5 Å². The number of anilines is 3. The molecule has 3 heterocycles. The van der Waals surface area contributed by atoms with Crippen molar-refractivity contribution in [2.45, 2.75) is 34.1 Å². The Hall–Kier alpha value is -2.59. The Morgan fingerprint density at radius 1 is 1.18 bits per heavy atom. The van der Waals surface area contributed by atoms with Gasteiger partial charge in [0.25, 0.3) is 0 Å². The molecular weight excluding hydrogens is 472 g/mol. The number of hydrogen-bond acceptors (Lipinski definition) is 9. The zero-order valence-corrected chi connectivity index (χ0v) is 21.8. The lowest BCUT2D eigenvalue weighted by atomic mass is 10.0. The number of ketones is 1. The third kappa shape index (κ3) is 6.50. The molecule has 1 aliphatic rings. The van der Waals surface area contributed by atoms with Crippen molar-refractivity contribution in [3.05, 3.63) is 57.3 Å². The zero-order valence-electron chi connectivity index (χ0n) is 20.3. The summed E-state index contributed by atoms with van der Waals surface area (Å²) in [6.45, 7) is 11.1. The van der Waals surface area contributed by atoms with Crippen LogP contribution in [0.5, 0.6) is 0 Å². The van der Waals surface area contributed by atoms with Crippen molar-refractivity contribution in [3.8, 4) is 0 Å². The van der Waals surface area contributed by atoms with E-state index in [0.29, 0.717) is 26.7 Å². The van der Waals surface area contributed by atoms with Gasteiger partial charge in [-0.25, -0.2) is 15.0 Å². The number of nitrogens with zero attached hydrogens (tertiary/aromatic N) is 5. The van der Waals surface area contributed by atoms with E-state index in [1.807, 2.05) is 51.0 Å². The van der Waals surface area contributed by atoms with Gasteiger partial charge in [-0.3, -0.25) is 4.79 Å². The first kappa shape index (κ1) is 26.0. The first-order chi connectivity index (χ1) is 16.4. The van der Waals surface area contributed by atoms with E-state index in [1.54, 1.807) is 19.4 Å². The fourth-order valence-electron chi connectivity index (χ4n) is 3.59. The fraction of sp³-hybridized carbons (Fsp3) is 0.417. The summed E-state index contributed by atoms with van der Waals surface area (Å²) in [5.41, 5.74) is 1.86. The number of halogens is 1. The first-order valence-corrected chi connectivity index (χ1v) is 12.5. The molecule has 0 bridgehead atoms. The molecule has 0 radical (unpaired) electrons. The van der Waals surface area contributed by atoms with Crippen molar-refractivity contribution >= 4 is 45.5 Å². The second kappa shape index (κ2) is 12.2. The van der Waals surface area contributed by atoms with Crippen LogP contribution in [-0.4, -0.2) is 59.1 Å². The summed E-state index contributed by atoms with van der Waals surface area (Å²) in [5.74, 6) is 2.17.